The van der Waals surface area contributed by atoms with E-state index < -0.39 is 24.4 Å². The van der Waals surface area contributed by atoms with Gasteiger partial charge in [0.2, 0.25) is 0 Å². The second-order valence-electron chi connectivity index (χ2n) is 2.65. The highest BCUT2D eigenvalue weighted by Gasteiger charge is 2.20. The van der Waals surface area contributed by atoms with E-state index in [0.717, 1.165) is 6.20 Å². The van der Waals surface area contributed by atoms with Crippen molar-refractivity contribution in [1.29, 1.82) is 0 Å². The van der Waals surface area contributed by atoms with E-state index in [1.54, 1.807) is 0 Å². The zero-order valence-electron chi connectivity index (χ0n) is 7.18. The zero-order chi connectivity index (χ0) is 11.6. The van der Waals surface area contributed by atoms with Crippen LogP contribution in [0.4, 0.5) is 8.78 Å². The topological polar surface area (TPSA) is 50.2 Å². The van der Waals surface area contributed by atoms with Crippen molar-refractivity contribution in [3.63, 3.8) is 0 Å². The molecule has 0 radical (unpaired) electrons. The molecule has 1 rings (SSSR count). The molecule has 0 amide bonds. The molecule has 1 N–H and O–H groups in total. The van der Waals surface area contributed by atoms with Crippen LogP contribution in [0.15, 0.2) is 6.20 Å². The summed E-state index contributed by atoms with van der Waals surface area (Å²) in [6.45, 7) is 0. The summed E-state index contributed by atoms with van der Waals surface area (Å²) in [4.78, 5) is 14.0. The van der Waals surface area contributed by atoms with Crippen molar-refractivity contribution in [2.45, 2.75) is 12.8 Å². The first kappa shape index (κ1) is 12.1. The zero-order valence-corrected chi connectivity index (χ0v) is 8.69. The molecule has 7 heteroatoms. The summed E-state index contributed by atoms with van der Waals surface area (Å²) < 4.78 is 24.9. The van der Waals surface area contributed by atoms with E-state index in [9.17, 15) is 13.6 Å². The Hall–Kier alpha value is -0.940. The van der Waals surface area contributed by atoms with Gasteiger partial charge >= 0.3 is 5.97 Å². The van der Waals surface area contributed by atoms with Gasteiger partial charge in [0.1, 0.15) is 0 Å². The second-order valence-corrected chi connectivity index (χ2v) is 3.44. The summed E-state index contributed by atoms with van der Waals surface area (Å²) in [5.74, 6) is -1.20. The molecule has 0 aromatic carbocycles. The molecule has 0 spiro atoms. The maximum Gasteiger partial charge on any atom is 0.309 e. The average Bonchev–Trinajstić information content (AvgIpc) is 2.09. The van der Waals surface area contributed by atoms with Crippen LogP contribution < -0.4 is 0 Å². The number of alkyl halides is 2. The minimum atomic E-state index is -2.86. The number of hydrogen-bond donors (Lipinski definition) is 1. The maximum absolute atomic E-state index is 12.5. The monoisotopic (exact) mass is 255 g/mol. The molecular weight excluding hydrogens is 251 g/mol. The van der Waals surface area contributed by atoms with E-state index in [1.807, 2.05) is 0 Å². The number of hydrogen-bond acceptors (Lipinski definition) is 2. The second kappa shape index (κ2) is 4.72. The standard InChI is InChI=1S/C8H5Cl2F2NO2/c9-3-2-13-4(1-5(14)15)7(10)6(3)8(11)12/h2,8H,1H2,(H,14,15). The molecule has 0 saturated carbocycles. The van der Waals surface area contributed by atoms with Crippen LogP contribution in [-0.2, 0) is 11.2 Å². The fourth-order valence-electron chi connectivity index (χ4n) is 0.988. The van der Waals surface area contributed by atoms with Crippen molar-refractivity contribution < 1.29 is 18.7 Å². The largest absolute Gasteiger partial charge is 0.481 e. The molecular formula is C8H5Cl2F2NO2. The molecule has 0 aliphatic heterocycles. The van der Waals surface area contributed by atoms with Gasteiger partial charge in [-0.25, -0.2) is 8.78 Å². The summed E-state index contributed by atoms with van der Waals surface area (Å²) in [7, 11) is 0. The molecule has 3 nitrogen and oxygen atoms in total. The van der Waals surface area contributed by atoms with E-state index in [-0.39, 0.29) is 15.7 Å². The molecule has 1 heterocycles. The number of aromatic nitrogens is 1. The highest BCUT2D eigenvalue weighted by atomic mass is 35.5. The Morgan fingerprint density at radius 1 is 1.53 bits per heavy atom. The van der Waals surface area contributed by atoms with E-state index in [0.29, 0.717) is 0 Å². The van der Waals surface area contributed by atoms with Crippen LogP contribution in [0.2, 0.25) is 10.0 Å². The van der Waals surface area contributed by atoms with Gasteiger partial charge in [-0.2, -0.15) is 0 Å². The van der Waals surface area contributed by atoms with Crippen LogP contribution >= 0.6 is 23.2 Å². The van der Waals surface area contributed by atoms with E-state index in [2.05, 4.69) is 4.98 Å². The van der Waals surface area contributed by atoms with Gasteiger partial charge in [0.25, 0.3) is 6.43 Å². The fourth-order valence-corrected chi connectivity index (χ4v) is 1.56. The summed E-state index contributed by atoms with van der Waals surface area (Å²) >= 11 is 11.0. The summed E-state index contributed by atoms with van der Waals surface area (Å²) in [6, 6.07) is 0. The van der Waals surface area contributed by atoms with Crippen molar-refractivity contribution in [2.24, 2.45) is 0 Å². The van der Waals surface area contributed by atoms with Crippen LogP contribution in [0.5, 0.6) is 0 Å². The van der Waals surface area contributed by atoms with Crippen LogP contribution in [0.25, 0.3) is 0 Å². The Kier molecular flexibility index (Phi) is 3.82. The Morgan fingerprint density at radius 3 is 2.60 bits per heavy atom. The van der Waals surface area contributed by atoms with Gasteiger partial charge in [0, 0.05) is 6.20 Å². The first-order valence-corrected chi connectivity index (χ1v) is 4.51. The third kappa shape index (κ3) is 2.76. The Labute approximate surface area is 93.6 Å². The van der Waals surface area contributed by atoms with Crippen LogP contribution in [0, 0.1) is 0 Å². The Bertz CT molecular complexity index is 398. The summed E-state index contributed by atoms with van der Waals surface area (Å²) in [5.41, 5.74) is -0.701. The quantitative estimate of drug-likeness (QED) is 0.904. The third-order valence-corrected chi connectivity index (χ3v) is 2.34. The van der Waals surface area contributed by atoms with Crippen molar-refractivity contribution in [3.05, 3.63) is 27.5 Å². The molecule has 0 aliphatic rings. The number of carbonyl (C=O) groups is 1. The number of aliphatic carboxylic acids is 1. The molecule has 0 unspecified atom stereocenters. The molecule has 82 valence electrons. The van der Waals surface area contributed by atoms with Crippen LogP contribution in [0.3, 0.4) is 0 Å². The van der Waals surface area contributed by atoms with Gasteiger partial charge < -0.3 is 5.11 Å². The molecule has 0 aliphatic carbocycles. The van der Waals surface area contributed by atoms with Crippen LogP contribution in [-0.4, -0.2) is 16.1 Å². The van der Waals surface area contributed by atoms with Gasteiger partial charge in [-0.15, -0.1) is 0 Å². The minimum Gasteiger partial charge on any atom is -0.481 e. The smallest absolute Gasteiger partial charge is 0.309 e. The van der Waals surface area contributed by atoms with Crippen LogP contribution in [0.1, 0.15) is 17.7 Å². The number of halogens is 4. The first-order chi connectivity index (χ1) is 6.93. The van der Waals surface area contributed by atoms with Gasteiger partial charge in [-0.3, -0.25) is 9.78 Å². The van der Waals surface area contributed by atoms with E-state index in [4.69, 9.17) is 28.3 Å². The van der Waals surface area contributed by atoms with Gasteiger partial charge in [0.15, 0.2) is 0 Å². The third-order valence-electron chi connectivity index (χ3n) is 1.62. The highest BCUT2D eigenvalue weighted by Crippen LogP contribution is 2.34. The highest BCUT2D eigenvalue weighted by molar-refractivity contribution is 6.36. The minimum absolute atomic E-state index is 0.121. The van der Waals surface area contributed by atoms with Crippen molar-refractivity contribution >= 4 is 29.2 Å². The lowest BCUT2D eigenvalue weighted by Gasteiger charge is -2.08. The predicted molar refractivity (Wildman–Crippen MR) is 50.6 cm³/mol. The average molecular weight is 256 g/mol. The maximum atomic E-state index is 12.5. The molecule has 0 fully saturated rings. The molecule has 0 atom stereocenters. The molecule has 0 bridgehead atoms. The molecule has 15 heavy (non-hydrogen) atoms. The summed E-state index contributed by atoms with van der Waals surface area (Å²) in [6.07, 6.45) is -2.41. The number of carboxylic acid groups (broad SMARTS) is 1. The molecule has 0 saturated heterocycles. The number of nitrogens with zero attached hydrogens (tertiary/aromatic N) is 1. The van der Waals surface area contributed by atoms with Gasteiger partial charge in [0.05, 0.1) is 27.7 Å². The first-order valence-electron chi connectivity index (χ1n) is 3.76. The number of rotatable bonds is 3. The molecule has 1 aromatic heterocycles. The predicted octanol–water partition coefficient (Wildman–Crippen LogP) is 2.95. The molecule has 1 aromatic rings. The summed E-state index contributed by atoms with van der Waals surface area (Å²) in [5, 5.41) is 7.81. The fraction of sp³-hybridized carbons (Fsp3) is 0.250. The van der Waals surface area contributed by atoms with Crippen molar-refractivity contribution in [2.75, 3.05) is 0 Å². The lowest BCUT2D eigenvalue weighted by Crippen LogP contribution is -2.05. The Balaban J connectivity index is 3.22. The SMILES string of the molecule is O=C(O)Cc1ncc(Cl)c(C(F)F)c1Cl. The Morgan fingerprint density at radius 2 is 2.13 bits per heavy atom. The van der Waals surface area contributed by atoms with Crippen molar-refractivity contribution in [3.8, 4) is 0 Å². The lowest BCUT2D eigenvalue weighted by molar-refractivity contribution is -0.136. The normalized spacial score (nSPS) is 10.7. The number of carboxylic acids is 1. The number of pyridine rings is 1. The van der Waals surface area contributed by atoms with E-state index in [1.165, 1.54) is 0 Å². The lowest BCUT2D eigenvalue weighted by atomic mass is 10.2. The van der Waals surface area contributed by atoms with Gasteiger partial charge in [-0.1, -0.05) is 23.2 Å². The van der Waals surface area contributed by atoms with E-state index >= 15 is 0 Å². The van der Waals surface area contributed by atoms with Crippen molar-refractivity contribution in [1.82, 2.24) is 4.98 Å². The van der Waals surface area contributed by atoms with Gasteiger partial charge in [-0.05, 0) is 0 Å².